The lowest BCUT2D eigenvalue weighted by Gasteiger charge is -2.11. The first kappa shape index (κ1) is 15.4. The zero-order valence-electron chi connectivity index (χ0n) is 13.4. The summed E-state index contributed by atoms with van der Waals surface area (Å²) in [5.41, 5.74) is 5.33. The summed E-state index contributed by atoms with van der Waals surface area (Å²) in [4.78, 5) is 15.8. The second kappa shape index (κ2) is 6.04. The van der Waals surface area contributed by atoms with Crippen molar-refractivity contribution < 1.29 is 0 Å². The fraction of sp³-hybridized carbons (Fsp3) is 0.111. The van der Waals surface area contributed by atoms with Crippen molar-refractivity contribution in [2.24, 2.45) is 0 Å². The van der Waals surface area contributed by atoms with Crippen LogP contribution in [0.4, 0.5) is 0 Å². The molecule has 3 heterocycles. The van der Waals surface area contributed by atoms with Crippen molar-refractivity contribution >= 4 is 22.8 Å². The van der Waals surface area contributed by atoms with Crippen molar-refractivity contribution in [3.8, 4) is 23.0 Å². The van der Waals surface area contributed by atoms with Crippen LogP contribution in [0.3, 0.4) is 0 Å². The molecule has 4 aromatic rings. The number of imidazole rings is 1. The number of aryl methyl sites for hydroxylation is 1. The van der Waals surface area contributed by atoms with Gasteiger partial charge in [-0.15, -0.1) is 0 Å². The number of halogens is 1. The molecule has 1 N–H and O–H groups in total. The molecule has 0 atom stereocenters. The Kier molecular flexibility index (Phi) is 3.71. The molecule has 0 amide bonds. The zero-order chi connectivity index (χ0) is 17.4. The topological polar surface area (TPSA) is 83.2 Å². The molecular formula is C18H13ClN6. The van der Waals surface area contributed by atoms with Gasteiger partial charge in [0.25, 0.3) is 0 Å². The van der Waals surface area contributed by atoms with Crippen LogP contribution >= 0.6 is 11.6 Å². The predicted octanol–water partition coefficient (Wildman–Crippen LogP) is 3.90. The Labute approximate surface area is 148 Å². The molecule has 0 aliphatic rings. The minimum absolute atomic E-state index is 0.509. The van der Waals surface area contributed by atoms with E-state index in [1.165, 1.54) is 6.33 Å². The quantitative estimate of drug-likeness (QED) is 0.608. The van der Waals surface area contributed by atoms with Gasteiger partial charge in [-0.3, -0.25) is 0 Å². The van der Waals surface area contributed by atoms with Gasteiger partial charge in [-0.05, 0) is 30.2 Å². The van der Waals surface area contributed by atoms with E-state index in [0.29, 0.717) is 27.6 Å². The molecule has 0 bridgehead atoms. The molecule has 0 saturated heterocycles. The van der Waals surface area contributed by atoms with Gasteiger partial charge in [0.1, 0.15) is 29.3 Å². The zero-order valence-corrected chi connectivity index (χ0v) is 14.1. The Morgan fingerprint density at radius 1 is 1.24 bits per heavy atom. The number of H-pyrrole nitrogens is 1. The SMILES string of the molecule is CCc1ccc(Cl)cc1-n1cc(-c2ncnc3[nH]cnc23)cc1C#N. The molecule has 0 radical (unpaired) electrons. The first-order valence-electron chi connectivity index (χ1n) is 7.77. The number of hydrogen-bond acceptors (Lipinski definition) is 4. The number of rotatable bonds is 3. The van der Waals surface area contributed by atoms with E-state index in [0.717, 1.165) is 23.2 Å². The molecule has 0 fully saturated rings. The van der Waals surface area contributed by atoms with E-state index >= 15 is 0 Å². The van der Waals surface area contributed by atoms with Crippen molar-refractivity contribution in [2.75, 3.05) is 0 Å². The first-order chi connectivity index (χ1) is 12.2. The molecule has 0 saturated carbocycles. The number of aromatic nitrogens is 5. The Hall–Kier alpha value is -3.17. The normalized spacial score (nSPS) is 10.9. The van der Waals surface area contributed by atoms with E-state index in [1.54, 1.807) is 12.4 Å². The lowest BCUT2D eigenvalue weighted by molar-refractivity contribution is 1.000. The minimum atomic E-state index is 0.509. The average molecular weight is 349 g/mol. The molecular weight excluding hydrogens is 336 g/mol. The third-order valence-corrected chi connectivity index (χ3v) is 4.35. The van der Waals surface area contributed by atoms with Gasteiger partial charge in [0.2, 0.25) is 0 Å². The predicted molar refractivity (Wildman–Crippen MR) is 95.5 cm³/mol. The van der Waals surface area contributed by atoms with Crippen molar-refractivity contribution in [2.45, 2.75) is 13.3 Å². The Bertz CT molecular complexity index is 1120. The van der Waals surface area contributed by atoms with E-state index in [4.69, 9.17) is 11.6 Å². The highest BCUT2D eigenvalue weighted by Crippen LogP contribution is 2.29. The summed E-state index contributed by atoms with van der Waals surface area (Å²) in [5, 5.41) is 10.2. The van der Waals surface area contributed by atoms with Crippen LogP contribution in [0.2, 0.25) is 5.02 Å². The maximum atomic E-state index is 9.59. The van der Waals surface area contributed by atoms with Crippen LogP contribution in [0.25, 0.3) is 28.1 Å². The summed E-state index contributed by atoms with van der Waals surface area (Å²) in [6.07, 6.45) is 5.79. The summed E-state index contributed by atoms with van der Waals surface area (Å²) in [7, 11) is 0. The van der Waals surface area contributed by atoms with Crippen LogP contribution in [0, 0.1) is 11.3 Å². The van der Waals surface area contributed by atoms with Gasteiger partial charge < -0.3 is 9.55 Å². The summed E-state index contributed by atoms with van der Waals surface area (Å²) >= 11 is 6.18. The fourth-order valence-corrected chi connectivity index (χ4v) is 3.08. The molecule has 7 heteroatoms. The summed E-state index contributed by atoms with van der Waals surface area (Å²) < 4.78 is 1.85. The van der Waals surface area contributed by atoms with E-state index in [-0.39, 0.29) is 0 Å². The Morgan fingerprint density at radius 3 is 2.92 bits per heavy atom. The number of fused-ring (bicyclic) bond motifs is 1. The fourth-order valence-electron chi connectivity index (χ4n) is 2.91. The van der Waals surface area contributed by atoms with Gasteiger partial charge in [-0.25, -0.2) is 15.0 Å². The standard InChI is InChI=1S/C18H13ClN6/c1-2-11-3-4-13(19)6-15(11)25-8-12(5-14(25)7-20)16-17-18(23-9-21-16)24-10-22-17/h3-6,8-10H,2H2,1H3,(H,21,22,23,24). The molecule has 0 aliphatic carbocycles. The highest BCUT2D eigenvalue weighted by atomic mass is 35.5. The molecule has 0 unspecified atom stereocenters. The third-order valence-electron chi connectivity index (χ3n) is 4.11. The van der Waals surface area contributed by atoms with Gasteiger partial charge in [-0.1, -0.05) is 24.6 Å². The molecule has 25 heavy (non-hydrogen) atoms. The van der Waals surface area contributed by atoms with Gasteiger partial charge in [-0.2, -0.15) is 5.26 Å². The molecule has 4 rings (SSSR count). The van der Waals surface area contributed by atoms with Crippen molar-refractivity contribution in [1.29, 1.82) is 5.26 Å². The van der Waals surface area contributed by atoms with Crippen molar-refractivity contribution in [3.05, 3.63) is 59.4 Å². The lowest BCUT2D eigenvalue weighted by Crippen LogP contribution is -2.00. The second-order valence-electron chi connectivity index (χ2n) is 5.54. The van der Waals surface area contributed by atoms with Crippen molar-refractivity contribution in [3.63, 3.8) is 0 Å². The van der Waals surface area contributed by atoms with Crippen LogP contribution in [0.5, 0.6) is 0 Å². The molecule has 3 aromatic heterocycles. The number of benzene rings is 1. The number of aromatic amines is 1. The summed E-state index contributed by atoms with van der Waals surface area (Å²) in [6.45, 7) is 2.07. The molecule has 0 aliphatic heterocycles. The van der Waals surface area contributed by atoms with Gasteiger partial charge in [0.05, 0.1) is 12.0 Å². The van der Waals surface area contributed by atoms with Crippen LogP contribution in [0.15, 0.2) is 43.1 Å². The highest BCUT2D eigenvalue weighted by Gasteiger charge is 2.15. The Morgan fingerprint density at radius 2 is 2.12 bits per heavy atom. The molecule has 6 nitrogen and oxygen atoms in total. The summed E-state index contributed by atoms with van der Waals surface area (Å²) in [5.74, 6) is 0. The van der Waals surface area contributed by atoms with E-state index in [9.17, 15) is 5.26 Å². The van der Waals surface area contributed by atoms with Crippen LogP contribution in [-0.2, 0) is 6.42 Å². The molecule has 122 valence electrons. The largest absolute Gasteiger partial charge is 0.329 e. The highest BCUT2D eigenvalue weighted by molar-refractivity contribution is 6.30. The maximum absolute atomic E-state index is 9.59. The maximum Gasteiger partial charge on any atom is 0.161 e. The number of nitriles is 1. The van der Waals surface area contributed by atoms with Gasteiger partial charge in [0, 0.05) is 16.8 Å². The van der Waals surface area contributed by atoms with E-state index in [1.807, 2.05) is 29.0 Å². The van der Waals surface area contributed by atoms with Crippen LogP contribution in [-0.4, -0.2) is 24.5 Å². The number of hydrogen-bond donors (Lipinski definition) is 1. The Balaban J connectivity index is 1.94. The lowest BCUT2D eigenvalue weighted by atomic mass is 10.1. The smallest absolute Gasteiger partial charge is 0.161 e. The summed E-state index contributed by atoms with van der Waals surface area (Å²) in [6, 6.07) is 9.76. The van der Waals surface area contributed by atoms with Gasteiger partial charge in [0.15, 0.2) is 5.65 Å². The minimum Gasteiger partial charge on any atom is -0.329 e. The number of nitrogens with one attached hydrogen (secondary N) is 1. The second-order valence-corrected chi connectivity index (χ2v) is 5.98. The molecule has 0 spiro atoms. The van der Waals surface area contributed by atoms with Crippen LogP contribution in [0.1, 0.15) is 18.2 Å². The van der Waals surface area contributed by atoms with Gasteiger partial charge >= 0.3 is 0 Å². The first-order valence-corrected chi connectivity index (χ1v) is 8.14. The third kappa shape index (κ3) is 2.55. The van der Waals surface area contributed by atoms with E-state index < -0.39 is 0 Å². The number of nitrogens with zero attached hydrogens (tertiary/aromatic N) is 5. The monoisotopic (exact) mass is 348 g/mol. The molecule has 1 aromatic carbocycles. The van der Waals surface area contributed by atoms with E-state index in [2.05, 4.69) is 32.9 Å². The van der Waals surface area contributed by atoms with Crippen LogP contribution < -0.4 is 0 Å². The average Bonchev–Trinajstić information content (AvgIpc) is 3.28. The van der Waals surface area contributed by atoms with Crippen molar-refractivity contribution in [1.82, 2.24) is 24.5 Å².